The van der Waals surface area contributed by atoms with E-state index in [1.54, 1.807) is 0 Å². The molecule has 2 heteroatoms. The Bertz CT molecular complexity index is 797. The number of benzene rings is 2. The molecule has 22 heavy (non-hydrogen) atoms. The van der Waals surface area contributed by atoms with Crippen molar-refractivity contribution < 1.29 is 0 Å². The van der Waals surface area contributed by atoms with Gasteiger partial charge in [0, 0.05) is 6.20 Å². The Morgan fingerprint density at radius 3 is 2.36 bits per heavy atom. The van der Waals surface area contributed by atoms with Gasteiger partial charge in [0.05, 0.1) is 11.4 Å². The lowest BCUT2D eigenvalue weighted by Gasteiger charge is -2.11. The maximum Gasteiger partial charge on any atom is 0.0680 e. The second-order valence-corrected chi connectivity index (χ2v) is 6.18. The Labute approximate surface area is 132 Å². The molecular weight excluding hydrogens is 268 g/mol. The first-order valence-electron chi connectivity index (χ1n) is 7.78. The third kappa shape index (κ3) is 2.82. The van der Waals surface area contributed by atoms with E-state index in [0.717, 1.165) is 11.4 Å². The molecule has 0 aliphatic carbocycles. The molecule has 0 saturated carbocycles. The maximum atomic E-state index is 4.54. The number of aryl methyl sites for hydroxylation is 2. The van der Waals surface area contributed by atoms with Gasteiger partial charge in [-0.25, -0.2) is 4.68 Å². The minimum absolute atomic E-state index is 0.540. The van der Waals surface area contributed by atoms with Crippen LogP contribution in [-0.4, -0.2) is 9.78 Å². The molecule has 0 fully saturated rings. The summed E-state index contributed by atoms with van der Waals surface area (Å²) in [5.41, 5.74) is 7.26. The van der Waals surface area contributed by atoms with Crippen LogP contribution in [0, 0.1) is 13.8 Å². The lowest BCUT2D eigenvalue weighted by molar-refractivity contribution is 0.856. The summed E-state index contributed by atoms with van der Waals surface area (Å²) < 4.78 is 1.96. The largest absolute Gasteiger partial charge is 0.240 e. The van der Waals surface area contributed by atoms with Crippen molar-refractivity contribution in [2.75, 3.05) is 0 Å². The molecule has 0 N–H and O–H groups in total. The minimum Gasteiger partial charge on any atom is -0.240 e. The SMILES string of the molecule is Cc1ccn(-c2cc(-c3cccc(C(C)C)c3)ccc2C)n1. The van der Waals surface area contributed by atoms with E-state index in [1.165, 1.54) is 22.3 Å². The van der Waals surface area contributed by atoms with Crippen LogP contribution in [0.3, 0.4) is 0 Å². The Morgan fingerprint density at radius 1 is 0.909 bits per heavy atom. The van der Waals surface area contributed by atoms with Crippen LogP contribution in [0.25, 0.3) is 16.8 Å². The van der Waals surface area contributed by atoms with Gasteiger partial charge in [-0.05, 0) is 54.2 Å². The first-order chi connectivity index (χ1) is 10.5. The van der Waals surface area contributed by atoms with Crippen molar-refractivity contribution in [3.8, 4) is 16.8 Å². The van der Waals surface area contributed by atoms with Gasteiger partial charge < -0.3 is 0 Å². The van der Waals surface area contributed by atoms with Crippen molar-refractivity contribution in [2.24, 2.45) is 0 Å². The van der Waals surface area contributed by atoms with Gasteiger partial charge in [-0.1, -0.05) is 50.2 Å². The van der Waals surface area contributed by atoms with Crippen LogP contribution in [0.4, 0.5) is 0 Å². The molecule has 0 saturated heterocycles. The molecule has 0 bridgehead atoms. The van der Waals surface area contributed by atoms with Crippen LogP contribution >= 0.6 is 0 Å². The molecule has 3 rings (SSSR count). The minimum atomic E-state index is 0.540. The van der Waals surface area contributed by atoms with Gasteiger partial charge in [0.15, 0.2) is 0 Å². The Hall–Kier alpha value is -2.35. The number of hydrogen-bond acceptors (Lipinski definition) is 1. The van der Waals surface area contributed by atoms with Gasteiger partial charge in [0.2, 0.25) is 0 Å². The normalized spacial score (nSPS) is 11.1. The predicted molar refractivity (Wildman–Crippen MR) is 92.6 cm³/mol. The highest BCUT2D eigenvalue weighted by Gasteiger charge is 2.07. The zero-order chi connectivity index (χ0) is 15.7. The van der Waals surface area contributed by atoms with Crippen LogP contribution in [0.2, 0.25) is 0 Å². The molecule has 1 aromatic heterocycles. The second kappa shape index (κ2) is 5.80. The van der Waals surface area contributed by atoms with Crippen LogP contribution < -0.4 is 0 Å². The first-order valence-corrected chi connectivity index (χ1v) is 7.78. The van der Waals surface area contributed by atoms with Crippen LogP contribution in [0.15, 0.2) is 54.7 Å². The third-order valence-corrected chi connectivity index (χ3v) is 4.06. The number of aromatic nitrogens is 2. The lowest BCUT2D eigenvalue weighted by atomic mass is 9.96. The van der Waals surface area contributed by atoms with Crippen molar-refractivity contribution in [2.45, 2.75) is 33.6 Å². The highest BCUT2D eigenvalue weighted by atomic mass is 15.3. The highest BCUT2D eigenvalue weighted by Crippen LogP contribution is 2.27. The second-order valence-electron chi connectivity index (χ2n) is 6.18. The summed E-state index contributed by atoms with van der Waals surface area (Å²) in [6.07, 6.45) is 2.02. The number of rotatable bonds is 3. The van der Waals surface area contributed by atoms with E-state index in [9.17, 15) is 0 Å². The van der Waals surface area contributed by atoms with Crippen molar-refractivity contribution in [1.82, 2.24) is 9.78 Å². The smallest absolute Gasteiger partial charge is 0.0680 e. The monoisotopic (exact) mass is 290 g/mol. The van der Waals surface area contributed by atoms with Gasteiger partial charge in [0.1, 0.15) is 0 Å². The molecule has 0 aliphatic heterocycles. The molecule has 2 aromatic carbocycles. The zero-order valence-corrected chi connectivity index (χ0v) is 13.7. The van der Waals surface area contributed by atoms with Crippen LogP contribution in [-0.2, 0) is 0 Å². The standard InChI is InChI=1S/C20H22N2/c1-14(2)17-6-5-7-18(12-17)19-9-8-15(3)20(13-19)22-11-10-16(4)21-22/h5-14H,1-4H3. The summed E-state index contributed by atoms with van der Waals surface area (Å²) in [4.78, 5) is 0. The van der Waals surface area contributed by atoms with Crippen molar-refractivity contribution >= 4 is 0 Å². The van der Waals surface area contributed by atoms with E-state index < -0.39 is 0 Å². The first kappa shape index (κ1) is 14.6. The van der Waals surface area contributed by atoms with Gasteiger partial charge in [-0.3, -0.25) is 0 Å². The summed E-state index contributed by atoms with van der Waals surface area (Å²) >= 11 is 0. The topological polar surface area (TPSA) is 17.8 Å². The van der Waals surface area contributed by atoms with Crippen LogP contribution in [0.1, 0.15) is 36.6 Å². The summed E-state index contributed by atoms with van der Waals surface area (Å²) in [7, 11) is 0. The van der Waals surface area contributed by atoms with Gasteiger partial charge in [-0.2, -0.15) is 5.10 Å². The van der Waals surface area contributed by atoms with E-state index in [1.807, 2.05) is 23.9 Å². The van der Waals surface area contributed by atoms with E-state index in [2.05, 4.69) is 68.3 Å². The third-order valence-electron chi connectivity index (χ3n) is 4.06. The van der Waals surface area contributed by atoms with E-state index >= 15 is 0 Å². The molecule has 0 atom stereocenters. The zero-order valence-electron chi connectivity index (χ0n) is 13.7. The molecule has 112 valence electrons. The van der Waals surface area contributed by atoms with Gasteiger partial charge >= 0.3 is 0 Å². The van der Waals surface area contributed by atoms with Crippen molar-refractivity contribution in [1.29, 1.82) is 0 Å². The molecule has 1 heterocycles. The Kier molecular flexibility index (Phi) is 3.84. The predicted octanol–water partition coefficient (Wildman–Crippen LogP) is 5.28. The summed E-state index contributed by atoms with van der Waals surface area (Å²) in [5, 5.41) is 4.54. The summed E-state index contributed by atoms with van der Waals surface area (Å²) in [6, 6.07) is 17.4. The van der Waals surface area contributed by atoms with Gasteiger partial charge in [0.25, 0.3) is 0 Å². The molecule has 0 spiro atoms. The Balaban J connectivity index is 2.07. The van der Waals surface area contributed by atoms with Crippen molar-refractivity contribution in [3.05, 3.63) is 71.5 Å². The molecule has 3 aromatic rings. The van der Waals surface area contributed by atoms with E-state index in [-0.39, 0.29) is 0 Å². The highest BCUT2D eigenvalue weighted by molar-refractivity contribution is 5.68. The fraction of sp³-hybridized carbons (Fsp3) is 0.250. The summed E-state index contributed by atoms with van der Waals surface area (Å²) in [6.45, 7) is 8.60. The quantitative estimate of drug-likeness (QED) is 0.641. The molecule has 0 amide bonds. The lowest BCUT2D eigenvalue weighted by Crippen LogP contribution is -1.98. The Morgan fingerprint density at radius 2 is 1.68 bits per heavy atom. The molecule has 2 nitrogen and oxygen atoms in total. The molecular formula is C20H22N2. The van der Waals surface area contributed by atoms with E-state index in [4.69, 9.17) is 0 Å². The number of nitrogens with zero attached hydrogens (tertiary/aromatic N) is 2. The fourth-order valence-corrected chi connectivity index (χ4v) is 2.66. The van der Waals surface area contributed by atoms with E-state index in [0.29, 0.717) is 5.92 Å². The summed E-state index contributed by atoms with van der Waals surface area (Å²) in [5.74, 6) is 0.540. The molecule has 0 unspecified atom stereocenters. The van der Waals surface area contributed by atoms with Crippen molar-refractivity contribution in [3.63, 3.8) is 0 Å². The van der Waals surface area contributed by atoms with Crippen LogP contribution in [0.5, 0.6) is 0 Å². The molecule has 0 aliphatic rings. The molecule has 0 radical (unpaired) electrons. The average molecular weight is 290 g/mol. The number of hydrogen-bond donors (Lipinski definition) is 0. The maximum absolute atomic E-state index is 4.54. The van der Waals surface area contributed by atoms with Gasteiger partial charge in [-0.15, -0.1) is 0 Å². The fourth-order valence-electron chi connectivity index (χ4n) is 2.66. The average Bonchev–Trinajstić information content (AvgIpc) is 2.94.